The standard InChI is InChI=1S/C13H19N3O2/c1-14-11-6-7-16(9-11)13(17)15-10-4-3-5-12(8-10)18-2/h3-5,8,11,14H,6-7,9H2,1-2H3,(H,15,17). The molecule has 0 radical (unpaired) electrons. The van der Waals surface area contributed by atoms with E-state index in [9.17, 15) is 4.79 Å². The normalized spacial score (nSPS) is 18.8. The molecule has 5 heteroatoms. The highest BCUT2D eigenvalue weighted by atomic mass is 16.5. The molecule has 98 valence electrons. The molecular formula is C13H19N3O2. The first-order valence-electron chi connectivity index (χ1n) is 6.10. The number of nitrogens with zero attached hydrogens (tertiary/aromatic N) is 1. The van der Waals surface area contributed by atoms with Crippen molar-refractivity contribution in [2.45, 2.75) is 12.5 Å². The summed E-state index contributed by atoms with van der Waals surface area (Å²) in [5.41, 5.74) is 0.757. The SMILES string of the molecule is CNC1CCN(C(=O)Nc2cccc(OC)c2)C1. The largest absolute Gasteiger partial charge is 0.497 e. The van der Waals surface area contributed by atoms with Gasteiger partial charge >= 0.3 is 6.03 Å². The van der Waals surface area contributed by atoms with Crippen molar-refractivity contribution in [3.63, 3.8) is 0 Å². The predicted molar refractivity (Wildman–Crippen MR) is 71.1 cm³/mol. The number of amides is 2. The molecule has 0 aromatic heterocycles. The Morgan fingerprint density at radius 2 is 2.33 bits per heavy atom. The van der Waals surface area contributed by atoms with Gasteiger partial charge < -0.3 is 20.3 Å². The fourth-order valence-electron chi connectivity index (χ4n) is 2.08. The van der Waals surface area contributed by atoms with E-state index in [0.717, 1.165) is 30.9 Å². The minimum atomic E-state index is -0.0546. The van der Waals surface area contributed by atoms with Gasteiger partial charge in [0.05, 0.1) is 7.11 Å². The van der Waals surface area contributed by atoms with E-state index in [2.05, 4.69) is 10.6 Å². The van der Waals surface area contributed by atoms with Crippen LogP contribution in [-0.4, -0.2) is 44.2 Å². The first kappa shape index (κ1) is 12.7. The monoisotopic (exact) mass is 249 g/mol. The Labute approximate surface area is 107 Å². The van der Waals surface area contributed by atoms with E-state index in [1.165, 1.54) is 0 Å². The second kappa shape index (κ2) is 5.73. The summed E-state index contributed by atoms with van der Waals surface area (Å²) in [6.45, 7) is 1.55. The number of anilines is 1. The van der Waals surface area contributed by atoms with E-state index >= 15 is 0 Å². The zero-order chi connectivity index (χ0) is 13.0. The van der Waals surface area contributed by atoms with Crippen molar-refractivity contribution >= 4 is 11.7 Å². The topological polar surface area (TPSA) is 53.6 Å². The smallest absolute Gasteiger partial charge is 0.321 e. The molecule has 2 N–H and O–H groups in total. The Morgan fingerprint density at radius 3 is 3.00 bits per heavy atom. The van der Waals surface area contributed by atoms with Crippen molar-refractivity contribution in [3.8, 4) is 5.75 Å². The highest BCUT2D eigenvalue weighted by Gasteiger charge is 2.24. The summed E-state index contributed by atoms with van der Waals surface area (Å²) in [6.07, 6.45) is 1.00. The lowest BCUT2D eigenvalue weighted by Crippen LogP contribution is -2.36. The molecule has 2 amide bonds. The molecule has 5 nitrogen and oxygen atoms in total. The lowest BCUT2D eigenvalue weighted by atomic mass is 10.3. The number of nitrogens with one attached hydrogen (secondary N) is 2. The fraction of sp³-hybridized carbons (Fsp3) is 0.462. The average Bonchev–Trinajstić information content (AvgIpc) is 2.88. The van der Waals surface area contributed by atoms with Crippen molar-refractivity contribution in [3.05, 3.63) is 24.3 Å². The molecule has 1 fully saturated rings. The van der Waals surface area contributed by atoms with Crippen LogP contribution in [0.15, 0.2) is 24.3 Å². The Balaban J connectivity index is 1.94. The molecule has 0 bridgehead atoms. The molecule has 0 spiro atoms. The van der Waals surface area contributed by atoms with Crippen LogP contribution in [0.1, 0.15) is 6.42 Å². The van der Waals surface area contributed by atoms with E-state index < -0.39 is 0 Å². The molecule has 1 aromatic rings. The van der Waals surface area contributed by atoms with Crippen LogP contribution in [0.5, 0.6) is 5.75 Å². The molecule has 1 aliphatic rings. The Bertz CT molecular complexity index is 422. The van der Waals surface area contributed by atoms with Gasteiger partial charge in [-0.2, -0.15) is 0 Å². The zero-order valence-electron chi connectivity index (χ0n) is 10.8. The van der Waals surface area contributed by atoms with Crippen LogP contribution in [0.4, 0.5) is 10.5 Å². The van der Waals surface area contributed by atoms with Crippen LogP contribution in [0.25, 0.3) is 0 Å². The van der Waals surface area contributed by atoms with Gasteiger partial charge in [-0.15, -0.1) is 0 Å². The molecule has 1 atom stereocenters. The number of rotatable bonds is 3. The molecule has 1 aliphatic heterocycles. The van der Waals surface area contributed by atoms with Crippen LogP contribution >= 0.6 is 0 Å². The fourth-order valence-corrected chi connectivity index (χ4v) is 2.08. The second-order valence-corrected chi connectivity index (χ2v) is 4.38. The molecule has 0 aliphatic carbocycles. The number of benzene rings is 1. The third kappa shape index (κ3) is 2.92. The number of urea groups is 1. The van der Waals surface area contributed by atoms with Crippen molar-refractivity contribution in [2.75, 3.05) is 32.6 Å². The van der Waals surface area contributed by atoms with Crippen molar-refractivity contribution < 1.29 is 9.53 Å². The maximum Gasteiger partial charge on any atom is 0.321 e. The highest BCUT2D eigenvalue weighted by molar-refractivity contribution is 5.89. The molecular weight excluding hydrogens is 230 g/mol. The number of methoxy groups -OCH3 is 1. The van der Waals surface area contributed by atoms with E-state index in [0.29, 0.717) is 6.04 Å². The molecule has 0 saturated carbocycles. The lowest BCUT2D eigenvalue weighted by molar-refractivity contribution is 0.221. The van der Waals surface area contributed by atoms with Gasteiger partial charge in [0.15, 0.2) is 0 Å². The Morgan fingerprint density at radius 1 is 1.50 bits per heavy atom. The van der Waals surface area contributed by atoms with Crippen LogP contribution in [0, 0.1) is 0 Å². The number of likely N-dealkylation sites (N-methyl/N-ethyl adjacent to an activating group) is 1. The Hall–Kier alpha value is -1.75. The van der Waals surface area contributed by atoms with E-state index in [1.807, 2.05) is 36.2 Å². The minimum absolute atomic E-state index is 0.0546. The van der Waals surface area contributed by atoms with Gasteiger partial charge in [-0.3, -0.25) is 0 Å². The van der Waals surface area contributed by atoms with Gasteiger partial charge in [-0.25, -0.2) is 4.79 Å². The van der Waals surface area contributed by atoms with Gasteiger partial charge in [0.25, 0.3) is 0 Å². The number of hydrogen-bond acceptors (Lipinski definition) is 3. The van der Waals surface area contributed by atoms with Crippen molar-refractivity contribution in [1.82, 2.24) is 10.2 Å². The van der Waals surface area contributed by atoms with E-state index in [4.69, 9.17) is 4.74 Å². The number of hydrogen-bond donors (Lipinski definition) is 2. The maximum atomic E-state index is 12.0. The summed E-state index contributed by atoms with van der Waals surface area (Å²) in [7, 11) is 3.53. The van der Waals surface area contributed by atoms with Gasteiger partial charge in [-0.05, 0) is 25.6 Å². The second-order valence-electron chi connectivity index (χ2n) is 4.38. The first-order valence-corrected chi connectivity index (χ1v) is 6.10. The summed E-state index contributed by atoms with van der Waals surface area (Å²) in [4.78, 5) is 13.8. The molecule has 2 rings (SSSR count). The molecule has 1 aromatic carbocycles. The summed E-state index contributed by atoms with van der Waals surface area (Å²) >= 11 is 0. The summed E-state index contributed by atoms with van der Waals surface area (Å²) in [5, 5.41) is 6.07. The molecule has 1 saturated heterocycles. The highest BCUT2D eigenvalue weighted by Crippen LogP contribution is 2.18. The average molecular weight is 249 g/mol. The van der Waals surface area contributed by atoms with Crippen LogP contribution in [0.2, 0.25) is 0 Å². The van der Waals surface area contributed by atoms with Crippen LogP contribution in [0.3, 0.4) is 0 Å². The van der Waals surface area contributed by atoms with Crippen LogP contribution < -0.4 is 15.4 Å². The molecule has 18 heavy (non-hydrogen) atoms. The van der Waals surface area contributed by atoms with Gasteiger partial charge in [0.2, 0.25) is 0 Å². The zero-order valence-corrected chi connectivity index (χ0v) is 10.8. The minimum Gasteiger partial charge on any atom is -0.497 e. The van der Waals surface area contributed by atoms with Gasteiger partial charge in [-0.1, -0.05) is 6.07 Å². The maximum absolute atomic E-state index is 12.0. The third-order valence-corrected chi connectivity index (χ3v) is 3.20. The molecule has 1 unspecified atom stereocenters. The van der Waals surface area contributed by atoms with Crippen LogP contribution in [-0.2, 0) is 0 Å². The summed E-state index contributed by atoms with van der Waals surface area (Å²) < 4.78 is 5.12. The quantitative estimate of drug-likeness (QED) is 0.854. The number of likely N-dealkylation sites (tertiary alicyclic amines) is 1. The number of carbonyl (C=O) groups excluding carboxylic acids is 1. The number of ether oxygens (including phenoxy) is 1. The summed E-state index contributed by atoms with van der Waals surface area (Å²) in [5.74, 6) is 0.738. The predicted octanol–water partition coefficient (Wildman–Crippen LogP) is 1.52. The molecule has 1 heterocycles. The lowest BCUT2D eigenvalue weighted by Gasteiger charge is -2.17. The number of carbonyl (C=O) groups is 1. The Kier molecular flexibility index (Phi) is 4.04. The van der Waals surface area contributed by atoms with E-state index in [1.54, 1.807) is 7.11 Å². The summed E-state index contributed by atoms with van der Waals surface area (Å²) in [6, 6.07) is 7.72. The van der Waals surface area contributed by atoms with E-state index in [-0.39, 0.29) is 6.03 Å². The first-order chi connectivity index (χ1) is 8.72. The van der Waals surface area contributed by atoms with Crippen molar-refractivity contribution in [2.24, 2.45) is 0 Å². The third-order valence-electron chi connectivity index (χ3n) is 3.20. The van der Waals surface area contributed by atoms with Crippen molar-refractivity contribution in [1.29, 1.82) is 0 Å². The van der Waals surface area contributed by atoms with Gasteiger partial charge in [0.1, 0.15) is 5.75 Å². The van der Waals surface area contributed by atoms with Gasteiger partial charge in [0, 0.05) is 30.9 Å².